The van der Waals surface area contributed by atoms with Crippen molar-refractivity contribution in [3.63, 3.8) is 0 Å². The summed E-state index contributed by atoms with van der Waals surface area (Å²) >= 11 is 0. The highest BCUT2D eigenvalue weighted by Gasteiger charge is 2.13. The first kappa shape index (κ1) is 18.3. The predicted octanol–water partition coefficient (Wildman–Crippen LogP) is 5.03. The van der Waals surface area contributed by atoms with Crippen molar-refractivity contribution in [2.24, 2.45) is 5.92 Å². The minimum absolute atomic E-state index is 0.168. The first-order valence-corrected chi connectivity index (χ1v) is 8.81. The molecule has 0 saturated carbocycles. The number of methoxy groups -OCH3 is 1. The van der Waals surface area contributed by atoms with E-state index in [1.165, 1.54) is 7.11 Å². The molecule has 2 aliphatic carbocycles. The zero-order valence-corrected chi connectivity index (χ0v) is 14.7. The molecule has 0 heterocycles. The normalized spacial score (nSPS) is 26.8. The molecule has 2 rings (SSSR count). The van der Waals surface area contributed by atoms with Gasteiger partial charge in [-0.1, -0.05) is 49.0 Å². The van der Waals surface area contributed by atoms with E-state index in [1.54, 1.807) is 0 Å². The fourth-order valence-corrected chi connectivity index (χ4v) is 2.80. The number of hydrogen-bond acceptors (Lipinski definition) is 3. The maximum atomic E-state index is 11.3. The largest absolute Gasteiger partial charge is 0.490 e. The number of rotatable bonds is 5. The van der Waals surface area contributed by atoms with E-state index in [1.807, 2.05) is 6.08 Å². The Hall–Kier alpha value is -2.03. The fourth-order valence-electron chi connectivity index (χ4n) is 2.80. The molecule has 0 aromatic rings. The van der Waals surface area contributed by atoms with Crippen LogP contribution in [0, 0.1) is 5.92 Å². The van der Waals surface area contributed by atoms with Gasteiger partial charge >= 0.3 is 5.97 Å². The summed E-state index contributed by atoms with van der Waals surface area (Å²) in [5.74, 6) is 1.35. The third-order valence-electron chi connectivity index (χ3n) is 4.34. The van der Waals surface area contributed by atoms with Crippen LogP contribution in [0.3, 0.4) is 0 Å². The van der Waals surface area contributed by atoms with Crippen LogP contribution in [0.25, 0.3) is 0 Å². The van der Waals surface area contributed by atoms with Crippen LogP contribution in [0.1, 0.15) is 45.4 Å². The van der Waals surface area contributed by atoms with E-state index in [-0.39, 0.29) is 12.1 Å². The summed E-state index contributed by atoms with van der Waals surface area (Å²) in [7, 11) is 1.43. The van der Waals surface area contributed by atoms with Crippen LogP contribution in [0.15, 0.2) is 59.9 Å². The van der Waals surface area contributed by atoms with Crippen LogP contribution >= 0.6 is 0 Å². The van der Waals surface area contributed by atoms with Gasteiger partial charge in [-0.3, -0.25) is 4.79 Å². The van der Waals surface area contributed by atoms with Crippen LogP contribution in [-0.2, 0) is 14.3 Å². The minimum Gasteiger partial charge on any atom is -0.490 e. The van der Waals surface area contributed by atoms with Gasteiger partial charge in [0.05, 0.1) is 7.11 Å². The van der Waals surface area contributed by atoms with Gasteiger partial charge in [0.15, 0.2) is 0 Å². The SMILES string of the molecule is COC(=O)CCC1=CCC=C(OC2C/C=C\C=C/C(C)CC2)C=C1. The van der Waals surface area contributed by atoms with Gasteiger partial charge in [0.2, 0.25) is 0 Å². The van der Waals surface area contributed by atoms with Crippen LogP contribution in [0.2, 0.25) is 0 Å². The number of hydrogen-bond donors (Lipinski definition) is 0. The maximum absolute atomic E-state index is 11.3. The Morgan fingerprint density at radius 3 is 2.92 bits per heavy atom. The molecule has 0 amide bonds. The number of carbonyl (C=O) groups is 1. The van der Waals surface area contributed by atoms with Crippen molar-refractivity contribution in [2.45, 2.75) is 51.6 Å². The first-order valence-electron chi connectivity index (χ1n) is 8.81. The summed E-state index contributed by atoms with van der Waals surface area (Å²) in [4.78, 5) is 11.3. The summed E-state index contributed by atoms with van der Waals surface area (Å²) in [6.07, 6.45) is 22.3. The molecule has 0 saturated heterocycles. The molecule has 3 nitrogen and oxygen atoms in total. The predicted molar refractivity (Wildman–Crippen MR) is 97.3 cm³/mol. The molecule has 24 heavy (non-hydrogen) atoms. The molecule has 2 aliphatic rings. The minimum atomic E-state index is -0.168. The monoisotopic (exact) mass is 328 g/mol. The lowest BCUT2D eigenvalue weighted by molar-refractivity contribution is -0.140. The smallest absolute Gasteiger partial charge is 0.305 e. The Bertz CT molecular complexity index is 564. The molecule has 0 aromatic heterocycles. The maximum Gasteiger partial charge on any atom is 0.305 e. The van der Waals surface area contributed by atoms with Crippen LogP contribution in [0.4, 0.5) is 0 Å². The Morgan fingerprint density at radius 2 is 2.08 bits per heavy atom. The van der Waals surface area contributed by atoms with Crippen LogP contribution in [0.5, 0.6) is 0 Å². The topological polar surface area (TPSA) is 35.5 Å². The molecule has 0 spiro atoms. The zero-order chi connectivity index (χ0) is 17.2. The molecule has 2 atom stereocenters. The number of ether oxygens (including phenoxy) is 2. The molecule has 0 aliphatic heterocycles. The molecule has 3 heteroatoms. The van der Waals surface area contributed by atoms with Gasteiger partial charge in [0.25, 0.3) is 0 Å². The third-order valence-corrected chi connectivity index (χ3v) is 4.34. The highest BCUT2D eigenvalue weighted by atomic mass is 16.5. The highest BCUT2D eigenvalue weighted by Crippen LogP contribution is 2.22. The summed E-state index contributed by atoms with van der Waals surface area (Å²) < 4.78 is 10.9. The van der Waals surface area contributed by atoms with E-state index in [9.17, 15) is 4.79 Å². The standard InChI is InChI=1S/C21H28O3/c1-17-7-4-3-5-9-19(14-11-17)24-20-10-6-8-18(12-15-20)13-16-21(22)23-2/h3-5,7-8,10,12,15,17,19H,6,9,11,13-14,16H2,1-2H3/b5-3-,7-4-. The molecule has 130 valence electrons. The fraction of sp³-hybridized carbons (Fsp3) is 0.476. The Morgan fingerprint density at radius 1 is 1.21 bits per heavy atom. The lowest BCUT2D eigenvalue weighted by atomic mass is 10.0. The molecule has 0 bridgehead atoms. The van der Waals surface area contributed by atoms with Crippen molar-refractivity contribution < 1.29 is 14.3 Å². The van der Waals surface area contributed by atoms with Gasteiger partial charge in [0.1, 0.15) is 11.9 Å². The highest BCUT2D eigenvalue weighted by molar-refractivity contribution is 5.69. The van der Waals surface area contributed by atoms with Crippen molar-refractivity contribution in [1.29, 1.82) is 0 Å². The summed E-state index contributed by atoms with van der Waals surface area (Å²) in [5, 5.41) is 0. The molecule has 2 unspecified atom stereocenters. The number of carbonyl (C=O) groups excluding carboxylic acids is 1. The van der Waals surface area contributed by atoms with E-state index in [0.717, 1.165) is 37.0 Å². The second-order valence-electron chi connectivity index (χ2n) is 6.37. The van der Waals surface area contributed by atoms with Crippen molar-refractivity contribution in [3.05, 3.63) is 59.9 Å². The lowest BCUT2D eigenvalue weighted by Gasteiger charge is -2.19. The van der Waals surface area contributed by atoms with E-state index >= 15 is 0 Å². The van der Waals surface area contributed by atoms with E-state index < -0.39 is 0 Å². The van der Waals surface area contributed by atoms with Gasteiger partial charge in [-0.05, 0) is 43.8 Å². The van der Waals surface area contributed by atoms with E-state index in [4.69, 9.17) is 9.47 Å². The summed E-state index contributed by atoms with van der Waals surface area (Å²) in [5.41, 5.74) is 1.16. The van der Waals surface area contributed by atoms with Crippen molar-refractivity contribution in [2.75, 3.05) is 7.11 Å². The van der Waals surface area contributed by atoms with Gasteiger partial charge in [-0.15, -0.1) is 0 Å². The molecule has 0 aromatic carbocycles. The molecular formula is C21H28O3. The van der Waals surface area contributed by atoms with Gasteiger partial charge in [0, 0.05) is 12.8 Å². The lowest BCUT2D eigenvalue weighted by Crippen LogP contribution is -2.12. The van der Waals surface area contributed by atoms with E-state index in [2.05, 4.69) is 49.5 Å². The van der Waals surface area contributed by atoms with Crippen molar-refractivity contribution >= 4 is 5.97 Å². The number of allylic oxidation sites excluding steroid dienone is 8. The second kappa shape index (κ2) is 9.96. The Kier molecular flexibility index (Phi) is 7.60. The van der Waals surface area contributed by atoms with Gasteiger partial charge < -0.3 is 9.47 Å². The molecule has 0 fully saturated rings. The van der Waals surface area contributed by atoms with Gasteiger partial charge in [-0.2, -0.15) is 0 Å². The molecular weight excluding hydrogens is 300 g/mol. The third kappa shape index (κ3) is 6.61. The van der Waals surface area contributed by atoms with Crippen molar-refractivity contribution in [3.8, 4) is 0 Å². The first-order chi connectivity index (χ1) is 11.7. The average molecular weight is 328 g/mol. The van der Waals surface area contributed by atoms with Crippen LogP contribution < -0.4 is 0 Å². The Balaban J connectivity index is 1.87. The van der Waals surface area contributed by atoms with Crippen LogP contribution in [-0.4, -0.2) is 19.2 Å². The zero-order valence-electron chi connectivity index (χ0n) is 14.7. The molecule has 0 N–H and O–H groups in total. The molecule has 0 radical (unpaired) electrons. The number of esters is 1. The average Bonchev–Trinajstić information content (AvgIpc) is 2.75. The second-order valence-corrected chi connectivity index (χ2v) is 6.37. The van der Waals surface area contributed by atoms with E-state index in [0.29, 0.717) is 18.8 Å². The Labute approximate surface area is 145 Å². The van der Waals surface area contributed by atoms with Crippen molar-refractivity contribution in [1.82, 2.24) is 0 Å². The quantitative estimate of drug-likeness (QED) is 0.664. The summed E-state index contributed by atoms with van der Waals surface area (Å²) in [6.45, 7) is 2.25. The van der Waals surface area contributed by atoms with Gasteiger partial charge in [-0.25, -0.2) is 0 Å². The summed E-state index contributed by atoms with van der Waals surface area (Å²) in [6, 6.07) is 0.